The smallest absolute Gasteiger partial charge is 0.0771 e. The van der Waals surface area contributed by atoms with E-state index in [1.165, 1.54) is 32.1 Å². The molecular weight excluding hydrogens is 198 g/mol. The third kappa shape index (κ3) is 3.21. The van der Waals surface area contributed by atoms with Gasteiger partial charge in [0.1, 0.15) is 0 Å². The third-order valence-corrected chi connectivity index (χ3v) is 4.38. The number of hydrogen-bond acceptors (Lipinski definition) is 2. The van der Waals surface area contributed by atoms with E-state index in [-0.39, 0.29) is 0 Å². The lowest BCUT2D eigenvalue weighted by Gasteiger charge is -2.40. The molecule has 2 fully saturated rings. The standard InChI is InChI=1S/C14H27NO/c1-10-6-11(2)8-12(7-10)14(3,16)9-15-13-4-5-13/h10-13,15-16H,4-9H2,1-3H3. The third-order valence-electron chi connectivity index (χ3n) is 4.38. The molecule has 2 aliphatic rings. The molecule has 0 radical (unpaired) electrons. The van der Waals surface area contributed by atoms with E-state index in [9.17, 15) is 5.11 Å². The maximum atomic E-state index is 10.6. The van der Waals surface area contributed by atoms with Crippen LogP contribution in [0.5, 0.6) is 0 Å². The van der Waals surface area contributed by atoms with E-state index in [4.69, 9.17) is 0 Å². The van der Waals surface area contributed by atoms with Gasteiger partial charge in [-0.25, -0.2) is 0 Å². The average Bonchev–Trinajstić information content (AvgIpc) is 2.96. The quantitative estimate of drug-likeness (QED) is 0.770. The average molecular weight is 225 g/mol. The van der Waals surface area contributed by atoms with Crippen molar-refractivity contribution < 1.29 is 5.11 Å². The van der Waals surface area contributed by atoms with Gasteiger partial charge in [-0.1, -0.05) is 13.8 Å². The molecular formula is C14H27NO. The molecule has 0 heterocycles. The van der Waals surface area contributed by atoms with Gasteiger partial charge in [-0.3, -0.25) is 0 Å². The Hall–Kier alpha value is -0.0800. The van der Waals surface area contributed by atoms with Crippen molar-refractivity contribution in [3.63, 3.8) is 0 Å². The fourth-order valence-electron chi connectivity index (χ4n) is 3.24. The second-order valence-electron chi connectivity index (χ2n) is 6.63. The lowest BCUT2D eigenvalue weighted by atomic mass is 9.70. The highest BCUT2D eigenvalue weighted by atomic mass is 16.3. The summed E-state index contributed by atoms with van der Waals surface area (Å²) in [5.74, 6) is 2.04. The van der Waals surface area contributed by atoms with Gasteiger partial charge in [0.2, 0.25) is 0 Å². The summed E-state index contributed by atoms with van der Waals surface area (Å²) in [5, 5.41) is 14.1. The van der Waals surface area contributed by atoms with Crippen LogP contribution in [-0.4, -0.2) is 23.3 Å². The Kier molecular flexibility index (Phi) is 3.60. The van der Waals surface area contributed by atoms with Gasteiger partial charge in [-0.2, -0.15) is 0 Å². The minimum atomic E-state index is -0.508. The van der Waals surface area contributed by atoms with Gasteiger partial charge in [0.15, 0.2) is 0 Å². The number of hydrogen-bond donors (Lipinski definition) is 2. The van der Waals surface area contributed by atoms with Gasteiger partial charge < -0.3 is 10.4 Å². The molecule has 3 atom stereocenters. The normalized spacial score (nSPS) is 39.4. The highest BCUT2D eigenvalue weighted by Gasteiger charge is 2.37. The molecule has 0 aromatic carbocycles. The van der Waals surface area contributed by atoms with Crippen LogP contribution in [0.2, 0.25) is 0 Å². The first-order valence-corrected chi connectivity index (χ1v) is 6.93. The Morgan fingerprint density at radius 1 is 1.12 bits per heavy atom. The van der Waals surface area contributed by atoms with Gasteiger partial charge in [-0.15, -0.1) is 0 Å². The van der Waals surface area contributed by atoms with Crippen molar-refractivity contribution in [3.05, 3.63) is 0 Å². The van der Waals surface area contributed by atoms with E-state index < -0.39 is 5.60 Å². The number of rotatable bonds is 4. The first-order chi connectivity index (χ1) is 7.47. The number of nitrogens with one attached hydrogen (secondary N) is 1. The predicted molar refractivity (Wildman–Crippen MR) is 67.3 cm³/mol. The summed E-state index contributed by atoms with van der Waals surface area (Å²) < 4.78 is 0. The summed E-state index contributed by atoms with van der Waals surface area (Å²) in [6.45, 7) is 7.46. The fraction of sp³-hybridized carbons (Fsp3) is 1.00. The SMILES string of the molecule is CC1CC(C)CC(C(C)(O)CNC2CC2)C1. The van der Waals surface area contributed by atoms with Crippen LogP contribution in [0.3, 0.4) is 0 Å². The van der Waals surface area contributed by atoms with Crippen molar-refractivity contribution in [2.75, 3.05) is 6.54 Å². The minimum Gasteiger partial charge on any atom is -0.389 e. The van der Waals surface area contributed by atoms with Gasteiger partial charge in [-0.05, 0) is 56.8 Å². The van der Waals surface area contributed by atoms with Crippen molar-refractivity contribution in [2.45, 2.75) is 64.5 Å². The lowest BCUT2D eigenvalue weighted by Crippen LogP contribution is -2.47. The molecule has 2 N–H and O–H groups in total. The molecule has 16 heavy (non-hydrogen) atoms. The molecule has 0 spiro atoms. The summed E-state index contributed by atoms with van der Waals surface area (Å²) in [5.41, 5.74) is -0.508. The topological polar surface area (TPSA) is 32.3 Å². The van der Waals surface area contributed by atoms with Crippen LogP contribution in [0, 0.1) is 17.8 Å². The first kappa shape index (κ1) is 12.4. The summed E-state index contributed by atoms with van der Waals surface area (Å²) >= 11 is 0. The molecule has 94 valence electrons. The Bertz CT molecular complexity index is 225. The van der Waals surface area contributed by atoms with E-state index in [1.807, 2.05) is 6.92 Å². The van der Waals surface area contributed by atoms with Crippen LogP contribution in [0.25, 0.3) is 0 Å². The molecule has 2 rings (SSSR count). The molecule has 2 aliphatic carbocycles. The molecule has 2 heteroatoms. The van der Waals surface area contributed by atoms with Gasteiger partial charge >= 0.3 is 0 Å². The molecule has 0 saturated heterocycles. The Balaban J connectivity index is 1.86. The van der Waals surface area contributed by atoms with Crippen LogP contribution in [-0.2, 0) is 0 Å². The summed E-state index contributed by atoms with van der Waals surface area (Å²) in [6, 6.07) is 0.699. The zero-order valence-corrected chi connectivity index (χ0v) is 11.0. The Labute approximate surface area is 99.8 Å². The maximum Gasteiger partial charge on any atom is 0.0771 e. The molecule has 2 saturated carbocycles. The van der Waals surface area contributed by atoms with E-state index in [2.05, 4.69) is 19.2 Å². The Morgan fingerprint density at radius 3 is 2.19 bits per heavy atom. The second-order valence-corrected chi connectivity index (χ2v) is 6.63. The molecule has 0 bridgehead atoms. The molecule has 2 nitrogen and oxygen atoms in total. The van der Waals surface area contributed by atoms with E-state index >= 15 is 0 Å². The van der Waals surface area contributed by atoms with Gasteiger partial charge in [0.05, 0.1) is 5.60 Å². The molecule has 0 aromatic heterocycles. The zero-order chi connectivity index (χ0) is 11.8. The fourth-order valence-corrected chi connectivity index (χ4v) is 3.24. The highest BCUT2D eigenvalue weighted by Crippen LogP contribution is 2.38. The van der Waals surface area contributed by atoms with Crippen molar-refractivity contribution in [1.82, 2.24) is 5.32 Å². The first-order valence-electron chi connectivity index (χ1n) is 6.93. The maximum absolute atomic E-state index is 10.6. The van der Waals surface area contributed by atoms with Crippen molar-refractivity contribution in [2.24, 2.45) is 17.8 Å². The summed E-state index contributed by atoms with van der Waals surface area (Å²) in [4.78, 5) is 0. The van der Waals surface area contributed by atoms with Gasteiger partial charge in [0.25, 0.3) is 0 Å². The van der Waals surface area contributed by atoms with Crippen LogP contribution >= 0.6 is 0 Å². The molecule has 0 amide bonds. The number of aliphatic hydroxyl groups is 1. The highest BCUT2D eigenvalue weighted by molar-refractivity contribution is 4.92. The van der Waals surface area contributed by atoms with Crippen LogP contribution in [0.15, 0.2) is 0 Å². The van der Waals surface area contributed by atoms with E-state index in [0.717, 1.165) is 18.4 Å². The van der Waals surface area contributed by atoms with Crippen molar-refractivity contribution >= 4 is 0 Å². The van der Waals surface area contributed by atoms with Crippen molar-refractivity contribution in [1.29, 1.82) is 0 Å². The van der Waals surface area contributed by atoms with Crippen LogP contribution < -0.4 is 5.32 Å². The Morgan fingerprint density at radius 2 is 1.69 bits per heavy atom. The van der Waals surface area contributed by atoms with Crippen LogP contribution in [0.4, 0.5) is 0 Å². The van der Waals surface area contributed by atoms with Crippen LogP contribution in [0.1, 0.15) is 52.9 Å². The second kappa shape index (κ2) is 4.66. The van der Waals surface area contributed by atoms with E-state index in [0.29, 0.717) is 12.0 Å². The lowest BCUT2D eigenvalue weighted by molar-refractivity contribution is -0.0324. The van der Waals surface area contributed by atoms with Crippen molar-refractivity contribution in [3.8, 4) is 0 Å². The molecule has 0 aromatic rings. The largest absolute Gasteiger partial charge is 0.389 e. The summed E-state index contributed by atoms with van der Waals surface area (Å²) in [6.07, 6.45) is 6.33. The predicted octanol–water partition coefficient (Wildman–Crippen LogP) is 2.56. The minimum absolute atomic E-state index is 0.484. The monoisotopic (exact) mass is 225 g/mol. The summed E-state index contributed by atoms with van der Waals surface area (Å²) in [7, 11) is 0. The van der Waals surface area contributed by atoms with Gasteiger partial charge in [0, 0.05) is 12.6 Å². The molecule has 3 unspecified atom stereocenters. The zero-order valence-electron chi connectivity index (χ0n) is 11.0. The molecule has 0 aliphatic heterocycles. The van der Waals surface area contributed by atoms with E-state index in [1.54, 1.807) is 0 Å².